The second-order valence-electron chi connectivity index (χ2n) is 4.53. The molecule has 1 rings (SSSR count). The highest BCUT2D eigenvalue weighted by Crippen LogP contribution is 2.25. The Bertz CT molecular complexity index is 588. The topological polar surface area (TPSA) is 117 Å². The lowest BCUT2D eigenvalue weighted by Crippen LogP contribution is -2.44. The van der Waals surface area contributed by atoms with E-state index in [1.807, 2.05) is 0 Å². The standard InChI is InChI=1S/C14H18N2O7/c1-21-8-13(17)15-11(14(18)23-3)7-9-6-10(16(19)20)4-5-12(9)22-2/h4-6,11H,7-8H2,1-3H3,(H,15,17)/t11-/m1/s1. The maximum absolute atomic E-state index is 11.8. The van der Waals surface area contributed by atoms with Crippen molar-refractivity contribution in [3.63, 3.8) is 0 Å². The van der Waals surface area contributed by atoms with Gasteiger partial charge in [-0.15, -0.1) is 0 Å². The SMILES string of the molecule is COCC(=O)N[C@H](Cc1cc([N+](=O)[O-])ccc1OC)C(=O)OC. The number of non-ortho nitro benzene ring substituents is 1. The molecule has 0 aliphatic heterocycles. The average Bonchev–Trinajstić information content (AvgIpc) is 2.53. The molecule has 1 amide bonds. The van der Waals surface area contributed by atoms with Crippen LogP contribution in [0.3, 0.4) is 0 Å². The number of hydrogen-bond donors (Lipinski definition) is 1. The maximum atomic E-state index is 11.8. The minimum atomic E-state index is -1.02. The lowest BCUT2D eigenvalue weighted by molar-refractivity contribution is -0.384. The van der Waals surface area contributed by atoms with Crippen LogP contribution in [0.5, 0.6) is 5.75 Å². The molecule has 9 heteroatoms. The van der Waals surface area contributed by atoms with Gasteiger partial charge >= 0.3 is 5.97 Å². The van der Waals surface area contributed by atoms with Gasteiger partial charge in [-0.3, -0.25) is 14.9 Å². The summed E-state index contributed by atoms with van der Waals surface area (Å²) in [5.74, 6) is -0.819. The zero-order valence-electron chi connectivity index (χ0n) is 13.0. The van der Waals surface area contributed by atoms with Crippen LogP contribution in [0, 0.1) is 10.1 Å². The largest absolute Gasteiger partial charge is 0.496 e. The fraction of sp³-hybridized carbons (Fsp3) is 0.429. The summed E-state index contributed by atoms with van der Waals surface area (Å²) in [6.07, 6.45) is -0.0209. The molecular formula is C14H18N2O7. The number of nitrogens with zero attached hydrogens (tertiary/aromatic N) is 1. The molecule has 0 radical (unpaired) electrons. The van der Waals surface area contributed by atoms with Crippen LogP contribution in [-0.4, -0.2) is 50.8 Å². The van der Waals surface area contributed by atoms with Gasteiger partial charge in [0.15, 0.2) is 0 Å². The molecule has 0 aliphatic carbocycles. The number of benzene rings is 1. The molecule has 0 fully saturated rings. The second kappa shape index (κ2) is 8.69. The Balaban J connectivity index is 3.06. The van der Waals surface area contributed by atoms with Crippen LogP contribution in [0.15, 0.2) is 18.2 Å². The molecule has 1 atom stereocenters. The summed E-state index contributed by atoms with van der Waals surface area (Å²) in [6, 6.07) is 2.99. The summed E-state index contributed by atoms with van der Waals surface area (Å²) in [6.45, 7) is -0.223. The maximum Gasteiger partial charge on any atom is 0.328 e. The first-order valence-electron chi connectivity index (χ1n) is 6.60. The second-order valence-corrected chi connectivity index (χ2v) is 4.53. The van der Waals surface area contributed by atoms with E-state index >= 15 is 0 Å². The lowest BCUT2D eigenvalue weighted by atomic mass is 10.0. The van der Waals surface area contributed by atoms with Gasteiger partial charge in [0.1, 0.15) is 18.4 Å². The number of carbonyl (C=O) groups excluding carboxylic acids is 2. The predicted molar refractivity (Wildman–Crippen MR) is 79.2 cm³/mol. The molecule has 0 bridgehead atoms. The van der Waals surface area contributed by atoms with E-state index in [1.54, 1.807) is 0 Å². The molecule has 0 spiro atoms. The molecule has 1 N–H and O–H groups in total. The van der Waals surface area contributed by atoms with Gasteiger partial charge in [0.2, 0.25) is 5.91 Å². The fourth-order valence-corrected chi connectivity index (χ4v) is 1.96. The number of methoxy groups -OCH3 is 3. The van der Waals surface area contributed by atoms with E-state index in [2.05, 4.69) is 14.8 Å². The molecular weight excluding hydrogens is 308 g/mol. The molecule has 0 saturated heterocycles. The highest BCUT2D eigenvalue weighted by atomic mass is 16.6. The normalized spacial score (nSPS) is 11.4. The molecule has 1 aromatic carbocycles. The van der Waals surface area contributed by atoms with Crippen LogP contribution in [0.2, 0.25) is 0 Å². The molecule has 0 heterocycles. The smallest absolute Gasteiger partial charge is 0.328 e. The van der Waals surface area contributed by atoms with Crippen LogP contribution < -0.4 is 10.1 Å². The van der Waals surface area contributed by atoms with E-state index in [4.69, 9.17) is 4.74 Å². The summed E-state index contributed by atoms with van der Waals surface area (Å²) in [5.41, 5.74) is 0.252. The Hall–Kier alpha value is -2.68. The quantitative estimate of drug-likeness (QED) is 0.419. The van der Waals surface area contributed by atoms with Crippen molar-refractivity contribution in [3.8, 4) is 5.75 Å². The minimum absolute atomic E-state index is 0.0209. The molecule has 0 saturated carbocycles. The lowest BCUT2D eigenvalue weighted by Gasteiger charge is -2.17. The van der Waals surface area contributed by atoms with Gasteiger partial charge < -0.3 is 19.5 Å². The number of esters is 1. The summed E-state index contributed by atoms with van der Waals surface area (Å²) < 4.78 is 14.5. The third-order valence-electron chi connectivity index (χ3n) is 3.00. The fourth-order valence-electron chi connectivity index (χ4n) is 1.96. The number of nitro groups is 1. The van der Waals surface area contributed by atoms with Gasteiger partial charge in [-0.25, -0.2) is 4.79 Å². The van der Waals surface area contributed by atoms with Crippen LogP contribution in [0.25, 0.3) is 0 Å². The number of nitrogens with one attached hydrogen (secondary N) is 1. The van der Waals surface area contributed by atoms with Crippen molar-refractivity contribution in [1.82, 2.24) is 5.32 Å². The molecule has 0 aromatic heterocycles. The van der Waals surface area contributed by atoms with E-state index in [-0.39, 0.29) is 18.7 Å². The van der Waals surface area contributed by atoms with Crippen molar-refractivity contribution in [2.75, 3.05) is 27.9 Å². The molecule has 23 heavy (non-hydrogen) atoms. The number of rotatable bonds is 8. The minimum Gasteiger partial charge on any atom is -0.496 e. The summed E-state index contributed by atoms with van der Waals surface area (Å²) in [5, 5.41) is 13.3. The number of nitro benzene ring substituents is 1. The van der Waals surface area contributed by atoms with Crippen molar-refractivity contribution in [2.24, 2.45) is 0 Å². The van der Waals surface area contributed by atoms with Gasteiger partial charge in [0.25, 0.3) is 5.69 Å². The van der Waals surface area contributed by atoms with E-state index in [0.717, 1.165) is 0 Å². The van der Waals surface area contributed by atoms with Crippen molar-refractivity contribution in [2.45, 2.75) is 12.5 Å². The van der Waals surface area contributed by atoms with E-state index < -0.39 is 22.8 Å². The van der Waals surface area contributed by atoms with Crippen molar-refractivity contribution >= 4 is 17.6 Å². The molecule has 0 aliphatic rings. The monoisotopic (exact) mass is 326 g/mol. The van der Waals surface area contributed by atoms with Gasteiger partial charge in [-0.05, 0) is 6.07 Å². The van der Waals surface area contributed by atoms with Crippen molar-refractivity contribution in [1.29, 1.82) is 0 Å². The third kappa shape index (κ3) is 5.22. The van der Waals surface area contributed by atoms with Gasteiger partial charge in [-0.2, -0.15) is 0 Å². The summed E-state index contributed by atoms with van der Waals surface area (Å²) in [7, 11) is 3.93. The number of hydrogen-bond acceptors (Lipinski definition) is 7. The number of ether oxygens (including phenoxy) is 3. The summed E-state index contributed by atoms with van der Waals surface area (Å²) >= 11 is 0. The van der Waals surface area contributed by atoms with E-state index in [9.17, 15) is 19.7 Å². The third-order valence-corrected chi connectivity index (χ3v) is 3.00. The van der Waals surface area contributed by atoms with Gasteiger partial charge in [-0.1, -0.05) is 0 Å². The zero-order chi connectivity index (χ0) is 17.4. The molecule has 0 unspecified atom stereocenters. The molecule has 1 aromatic rings. The van der Waals surface area contributed by atoms with Crippen LogP contribution >= 0.6 is 0 Å². The Morgan fingerprint density at radius 2 is 2.00 bits per heavy atom. The highest BCUT2D eigenvalue weighted by Gasteiger charge is 2.24. The molecule has 126 valence electrons. The first-order valence-corrected chi connectivity index (χ1v) is 6.60. The average molecular weight is 326 g/mol. The first kappa shape index (κ1) is 18.4. The van der Waals surface area contributed by atoms with Crippen LogP contribution in [-0.2, 0) is 25.5 Å². The van der Waals surface area contributed by atoms with Crippen LogP contribution in [0.1, 0.15) is 5.56 Å². The van der Waals surface area contributed by atoms with E-state index in [1.165, 1.54) is 39.5 Å². The Labute approximate surface area is 132 Å². The predicted octanol–water partition coefficient (Wildman–Crippen LogP) is 0.450. The van der Waals surface area contributed by atoms with Gasteiger partial charge in [0.05, 0.1) is 19.1 Å². The zero-order valence-corrected chi connectivity index (χ0v) is 13.0. The Morgan fingerprint density at radius 3 is 2.52 bits per heavy atom. The number of amides is 1. The van der Waals surface area contributed by atoms with Crippen LogP contribution in [0.4, 0.5) is 5.69 Å². The molecule has 9 nitrogen and oxygen atoms in total. The van der Waals surface area contributed by atoms with E-state index in [0.29, 0.717) is 11.3 Å². The first-order chi connectivity index (χ1) is 10.9. The van der Waals surface area contributed by atoms with Gasteiger partial charge in [0, 0.05) is 31.2 Å². The highest BCUT2D eigenvalue weighted by molar-refractivity contribution is 5.85. The Kier molecular flexibility index (Phi) is 6.94. The number of carbonyl (C=O) groups is 2. The van der Waals surface area contributed by atoms with Crippen molar-refractivity contribution in [3.05, 3.63) is 33.9 Å². The Morgan fingerprint density at radius 1 is 1.30 bits per heavy atom. The summed E-state index contributed by atoms with van der Waals surface area (Å²) in [4.78, 5) is 33.8. The van der Waals surface area contributed by atoms with Crippen molar-refractivity contribution < 1.29 is 28.7 Å².